The van der Waals surface area contributed by atoms with Crippen molar-refractivity contribution < 1.29 is 14.3 Å². The molecular formula is C11H10ClNO3. The first-order valence-electron chi connectivity index (χ1n) is 4.81. The molecule has 16 heavy (non-hydrogen) atoms. The number of ether oxygens (including phenoxy) is 1. The number of carbonyl (C=O) groups excluding carboxylic acids is 2. The fourth-order valence-electron chi connectivity index (χ4n) is 1.48. The van der Waals surface area contributed by atoms with Gasteiger partial charge in [0.2, 0.25) is 5.91 Å². The van der Waals surface area contributed by atoms with Gasteiger partial charge in [0.05, 0.1) is 0 Å². The molecule has 1 aliphatic heterocycles. The molecule has 4 nitrogen and oxygen atoms in total. The summed E-state index contributed by atoms with van der Waals surface area (Å²) in [7, 11) is 0. The molecule has 1 aromatic rings. The zero-order chi connectivity index (χ0) is 11.7. The van der Waals surface area contributed by atoms with Gasteiger partial charge in [0.25, 0.3) is 0 Å². The molecule has 2 N–H and O–H groups in total. The molecule has 5 heteroatoms. The summed E-state index contributed by atoms with van der Waals surface area (Å²) in [5.41, 5.74) is 5.59. The monoisotopic (exact) mass is 239 g/mol. The Hall–Kier alpha value is -1.39. The van der Waals surface area contributed by atoms with Crippen molar-refractivity contribution in [3.05, 3.63) is 34.9 Å². The smallest absolute Gasteiger partial charge is 0.249 e. The third kappa shape index (κ3) is 2.40. The number of Topliss-reactive ketones (excluding diaryl/α,β-unsaturated/α-hetero) is 1. The zero-order valence-corrected chi connectivity index (χ0v) is 9.11. The van der Waals surface area contributed by atoms with Gasteiger partial charge < -0.3 is 10.5 Å². The van der Waals surface area contributed by atoms with E-state index < -0.39 is 12.0 Å². The molecule has 84 valence electrons. The van der Waals surface area contributed by atoms with Crippen molar-refractivity contribution in [1.82, 2.24) is 0 Å². The van der Waals surface area contributed by atoms with Gasteiger partial charge in [-0.1, -0.05) is 11.6 Å². The molecule has 0 saturated carbocycles. The molecule has 2 rings (SSSR count). The van der Waals surface area contributed by atoms with Crippen LogP contribution in [0.5, 0.6) is 0 Å². The molecule has 1 aromatic carbocycles. The maximum atomic E-state index is 11.7. The molecule has 0 bridgehead atoms. The van der Waals surface area contributed by atoms with Crippen LogP contribution in [-0.2, 0) is 9.53 Å². The Balaban J connectivity index is 1.94. The average molecular weight is 240 g/mol. The fourth-order valence-corrected chi connectivity index (χ4v) is 1.61. The van der Waals surface area contributed by atoms with Crippen LogP contribution in [0.15, 0.2) is 24.3 Å². The summed E-state index contributed by atoms with van der Waals surface area (Å²) in [5.74, 6) is -0.598. The predicted molar refractivity (Wildman–Crippen MR) is 58.3 cm³/mol. The molecule has 1 amide bonds. The second-order valence-electron chi connectivity index (χ2n) is 3.63. The van der Waals surface area contributed by atoms with E-state index in [2.05, 4.69) is 0 Å². The third-order valence-corrected chi connectivity index (χ3v) is 2.67. The first-order valence-corrected chi connectivity index (χ1v) is 5.19. The lowest BCUT2D eigenvalue weighted by Crippen LogP contribution is -2.20. The highest BCUT2D eigenvalue weighted by molar-refractivity contribution is 6.30. The van der Waals surface area contributed by atoms with Gasteiger partial charge in [0.15, 0.2) is 11.9 Å². The van der Waals surface area contributed by atoms with Crippen LogP contribution in [0.4, 0.5) is 0 Å². The van der Waals surface area contributed by atoms with Crippen LogP contribution in [0.1, 0.15) is 16.8 Å². The molecule has 0 aromatic heterocycles. The molecule has 2 unspecified atom stereocenters. The molecule has 1 aliphatic rings. The minimum absolute atomic E-state index is 0.0783. The van der Waals surface area contributed by atoms with E-state index in [1.807, 2.05) is 0 Å². The van der Waals surface area contributed by atoms with Gasteiger partial charge in [0.1, 0.15) is 6.10 Å². The highest BCUT2D eigenvalue weighted by Gasteiger charge is 2.44. The first-order chi connectivity index (χ1) is 7.58. The lowest BCUT2D eigenvalue weighted by atomic mass is 10.1. The molecule has 0 radical (unpaired) electrons. The number of halogens is 1. The van der Waals surface area contributed by atoms with Crippen LogP contribution in [0.3, 0.4) is 0 Å². The van der Waals surface area contributed by atoms with E-state index in [-0.39, 0.29) is 18.3 Å². The quantitative estimate of drug-likeness (QED) is 0.633. The highest BCUT2D eigenvalue weighted by atomic mass is 35.5. The minimum atomic E-state index is -0.601. The number of carbonyl (C=O) groups is 2. The summed E-state index contributed by atoms with van der Waals surface area (Å²) in [5, 5.41) is 0.578. The number of amides is 1. The third-order valence-electron chi connectivity index (χ3n) is 2.42. The standard InChI is InChI=1S/C11H10ClNO3/c12-7-3-1-6(2-4-7)8(14)5-9-10(16-9)11(13)15/h1-4,9-10H,5H2,(H2,13,15). The van der Waals surface area contributed by atoms with E-state index in [1.165, 1.54) is 0 Å². The predicted octanol–water partition coefficient (Wildman–Crippen LogP) is 1.17. The molecule has 0 spiro atoms. The van der Waals surface area contributed by atoms with Crippen molar-refractivity contribution in [3.8, 4) is 0 Å². The molecule has 0 aliphatic carbocycles. The van der Waals surface area contributed by atoms with E-state index in [1.54, 1.807) is 24.3 Å². The molecule has 1 heterocycles. The Bertz CT molecular complexity index is 429. The van der Waals surface area contributed by atoms with E-state index in [4.69, 9.17) is 22.1 Å². The fraction of sp³-hybridized carbons (Fsp3) is 0.273. The molecular weight excluding hydrogens is 230 g/mol. The van der Waals surface area contributed by atoms with Crippen molar-refractivity contribution >= 4 is 23.3 Å². The second kappa shape index (κ2) is 4.23. The van der Waals surface area contributed by atoms with Gasteiger partial charge >= 0.3 is 0 Å². The number of ketones is 1. The summed E-state index contributed by atoms with van der Waals surface area (Å²) in [6, 6.07) is 6.58. The summed E-state index contributed by atoms with van der Waals surface area (Å²) in [6.07, 6.45) is -0.785. The van der Waals surface area contributed by atoms with Crippen molar-refractivity contribution in [1.29, 1.82) is 0 Å². The van der Waals surface area contributed by atoms with Crippen LogP contribution in [0.2, 0.25) is 5.02 Å². The molecule has 1 saturated heterocycles. The van der Waals surface area contributed by atoms with Crippen molar-refractivity contribution in [2.24, 2.45) is 5.73 Å². The highest BCUT2D eigenvalue weighted by Crippen LogP contribution is 2.26. The van der Waals surface area contributed by atoms with Gasteiger partial charge in [-0.05, 0) is 24.3 Å². The van der Waals surface area contributed by atoms with E-state index in [0.29, 0.717) is 10.6 Å². The first kappa shape index (κ1) is 11.1. The summed E-state index contributed by atoms with van der Waals surface area (Å²) in [6.45, 7) is 0. The topological polar surface area (TPSA) is 72.7 Å². The lowest BCUT2D eigenvalue weighted by molar-refractivity contribution is -0.119. The maximum Gasteiger partial charge on any atom is 0.249 e. The number of rotatable bonds is 4. The Morgan fingerprint density at radius 1 is 1.31 bits per heavy atom. The number of benzene rings is 1. The number of hydrogen-bond acceptors (Lipinski definition) is 3. The second-order valence-corrected chi connectivity index (χ2v) is 4.07. The van der Waals surface area contributed by atoms with Crippen LogP contribution in [0.25, 0.3) is 0 Å². The van der Waals surface area contributed by atoms with Gasteiger partial charge in [-0.2, -0.15) is 0 Å². The van der Waals surface area contributed by atoms with E-state index in [0.717, 1.165) is 0 Å². The van der Waals surface area contributed by atoms with Gasteiger partial charge in [-0.3, -0.25) is 9.59 Å². The number of hydrogen-bond donors (Lipinski definition) is 1. The van der Waals surface area contributed by atoms with Crippen LogP contribution in [0, 0.1) is 0 Å². The zero-order valence-electron chi connectivity index (χ0n) is 8.35. The van der Waals surface area contributed by atoms with E-state index >= 15 is 0 Å². The van der Waals surface area contributed by atoms with Crippen molar-refractivity contribution in [3.63, 3.8) is 0 Å². The largest absolute Gasteiger partial charge is 0.367 e. The Morgan fingerprint density at radius 3 is 2.44 bits per heavy atom. The Morgan fingerprint density at radius 2 is 1.94 bits per heavy atom. The minimum Gasteiger partial charge on any atom is -0.367 e. The Kier molecular flexibility index (Phi) is 2.94. The summed E-state index contributed by atoms with van der Waals surface area (Å²) >= 11 is 5.70. The van der Waals surface area contributed by atoms with Gasteiger partial charge in [0, 0.05) is 17.0 Å². The average Bonchev–Trinajstić information content (AvgIpc) is 2.98. The lowest BCUT2D eigenvalue weighted by Gasteiger charge is -1.98. The maximum absolute atomic E-state index is 11.7. The number of primary amides is 1. The Labute approximate surface area is 97.3 Å². The van der Waals surface area contributed by atoms with Crippen LogP contribution < -0.4 is 5.73 Å². The number of epoxide rings is 1. The van der Waals surface area contributed by atoms with Gasteiger partial charge in [-0.15, -0.1) is 0 Å². The normalized spacial score (nSPS) is 22.8. The van der Waals surface area contributed by atoms with Crippen molar-refractivity contribution in [2.75, 3.05) is 0 Å². The van der Waals surface area contributed by atoms with Crippen molar-refractivity contribution in [2.45, 2.75) is 18.6 Å². The molecule has 2 atom stereocenters. The van der Waals surface area contributed by atoms with Crippen LogP contribution in [-0.4, -0.2) is 23.9 Å². The SMILES string of the molecule is NC(=O)C1OC1CC(=O)c1ccc(Cl)cc1. The van der Waals surface area contributed by atoms with E-state index in [9.17, 15) is 9.59 Å². The summed E-state index contributed by atoms with van der Waals surface area (Å²) < 4.78 is 4.97. The summed E-state index contributed by atoms with van der Waals surface area (Å²) in [4.78, 5) is 22.4. The number of nitrogens with two attached hydrogens (primary N) is 1. The van der Waals surface area contributed by atoms with Crippen LogP contribution >= 0.6 is 11.6 Å². The van der Waals surface area contributed by atoms with Gasteiger partial charge in [-0.25, -0.2) is 0 Å². The molecule has 1 fully saturated rings.